The third-order valence-electron chi connectivity index (χ3n) is 5.16. The van der Waals surface area contributed by atoms with Crippen LogP contribution in [0.15, 0.2) is 36.4 Å². The number of aliphatic hydroxyl groups excluding tert-OH is 1. The normalized spacial score (nSPS) is 18.4. The highest BCUT2D eigenvalue weighted by atomic mass is 35.5. The fourth-order valence-corrected chi connectivity index (χ4v) is 3.92. The number of nitrogens with zero attached hydrogens (tertiary/aromatic N) is 2. The summed E-state index contributed by atoms with van der Waals surface area (Å²) in [6.07, 6.45) is 0.678. The van der Waals surface area contributed by atoms with Crippen LogP contribution in [0.25, 0.3) is 0 Å². The number of halogens is 2. The first-order chi connectivity index (χ1) is 13.5. The summed E-state index contributed by atoms with van der Waals surface area (Å²) in [5.74, 6) is 0.0861. The highest BCUT2D eigenvalue weighted by Crippen LogP contribution is 2.35. The van der Waals surface area contributed by atoms with Crippen LogP contribution in [0, 0.1) is 5.82 Å². The maximum atomic E-state index is 13.1. The van der Waals surface area contributed by atoms with E-state index in [0.717, 1.165) is 37.3 Å². The highest BCUT2D eigenvalue weighted by molar-refractivity contribution is 6.32. The highest BCUT2D eigenvalue weighted by Gasteiger charge is 2.27. The van der Waals surface area contributed by atoms with Gasteiger partial charge in [0.1, 0.15) is 5.82 Å². The second-order valence-corrected chi connectivity index (χ2v) is 7.53. The number of ether oxygens (including phenoxy) is 1. The molecule has 0 bridgehead atoms. The molecule has 152 valence electrons. The molecule has 1 heterocycles. The quantitative estimate of drug-likeness (QED) is 0.736. The van der Waals surface area contributed by atoms with Crippen LogP contribution in [-0.2, 0) is 13.1 Å². The van der Waals surface area contributed by atoms with Crippen molar-refractivity contribution in [3.63, 3.8) is 0 Å². The first-order valence-electron chi connectivity index (χ1n) is 9.37. The van der Waals surface area contributed by atoms with Crippen LogP contribution in [0.3, 0.4) is 0 Å². The van der Waals surface area contributed by atoms with Gasteiger partial charge >= 0.3 is 0 Å². The van der Waals surface area contributed by atoms with Gasteiger partial charge in [-0.2, -0.15) is 0 Å². The third kappa shape index (κ3) is 5.14. The Morgan fingerprint density at radius 1 is 1.14 bits per heavy atom. The molecule has 7 heteroatoms. The Labute approximate surface area is 169 Å². The van der Waals surface area contributed by atoms with Gasteiger partial charge in [-0.15, -0.1) is 0 Å². The maximum Gasteiger partial charge on any atom is 0.176 e. The van der Waals surface area contributed by atoms with Gasteiger partial charge in [-0.3, -0.25) is 9.80 Å². The van der Waals surface area contributed by atoms with Crippen molar-refractivity contribution in [3.8, 4) is 11.5 Å². The van der Waals surface area contributed by atoms with Crippen molar-refractivity contribution in [2.75, 3.05) is 33.4 Å². The summed E-state index contributed by atoms with van der Waals surface area (Å²) in [7, 11) is 1.50. The molecule has 1 saturated heterocycles. The number of aliphatic hydroxyl groups is 1. The van der Waals surface area contributed by atoms with Gasteiger partial charge in [0, 0.05) is 45.4 Å². The summed E-state index contributed by atoms with van der Waals surface area (Å²) in [6, 6.07) is 10.3. The van der Waals surface area contributed by atoms with E-state index in [9.17, 15) is 14.6 Å². The van der Waals surface area contributed by atoms with Crippen molar-refractivity contribution >= 4 is 11.6 Å². The second kappa shape index (κ2) is 9.56. The van der Waals surface area contributed by atoms with Gasteiger partial charge in [-0.1, -0.05) is 23.7 Å². The molecule has 2 aromatic rings. The minimum Gasteiger partial charge on any atom is -0.503 e. The van der Waals surface area contributed by atoms with Crippen molar-refractivity contribution in [2.24, 2.45) is 0 Å². The lowest BCUT2D eigenvalue weighted by atomic mass is 10.1. The monoisotopic (exact) mass is 408 g/mol. The lowest BCUT2D eigenvalue weighted by Gasteiger charge is -2.41. The van der Waals surface area contributed by atoms with Crippen molar-refractivity contribution in [1.29, 1.82) is 0 Å². The molecule has 3 rings (SSSR count). The number of methoxy groups -OCH3 is 1. The number of phenols is 1. The van der Waals surface area contributed by atoms with Crippen molar-refractivity contribution < 1.29 is 19.3 Å². The van der Waals surface area contributed by atoms with Crippen LogP contribution in [0.1, 0.15) is 17.5 Å². The molecular formula is C21H26ClFN2O3. The van der Waals surface area contributed by atoms with E-state index in [-0.39, 0.29) is 29.2 Å². The minimum absolute atomic E-state index is 0.0461. The van der Waals surface area contributed by atoms with E-state index in [2.05, 4.69) is 9.80 Å². The summed E-state index contributed by atoms with van der Waals surface area (Å²) in [5.41, 5.74) is 2.03. The van der Waals surface area contributed by atoms with Crippen LogP contribution >= 0.6 is 11.6 Å². The van der Waals surface area contributed by atoms with Crippen LogP contribution in [-0.4, -0.2) is 59.4 Å². The SMILES string of the molecule is COc1cc(CN2CCN(Cc3ccc(F)cc3)[C@@H](CCO)C2)cc(Cl)c1O. The Balaban J connectivity index is 1.66. The van der Waals surface area contributed by atoms with Gasteiger partial charge < -0.3 is 14.9 Å². The summed E-state index contributed by atoms with van der Waals surface area (Å²) in [5, 5.41) is 19.7. The molecule has 2 N–H and O–H groups in total. The van der Waals surface area contributed by atoms with E-state index in [1.165, 1.54) is 19.2 Å². The molecule has 5 nitrogen and oxygen atoms in total. The largest absolute Gasteiger partial charge is 0.503 e. The Morgan fingerprint density at radius 3 is 2.57 bits per heavy atom. The Kier molecular flexibility index (Phi) is 7.13. The van der Waals surface area contributed by atoms with Gasteiger partial charge in [-0.05, 0) is 41.8 Å². The number of benzene rings is 2. The topological polar surface area (TPSA) is 56.2 Å². The van der Waals surface area contributed by atoms with Crippen LogP contribution in [0.4, 0.5) is 4.39 Å². The molecule has 1 aliphatic heterocycles. The zero-order valence-corrected chi connectivity index (χ0v) is 16.7. The predicted molar refractivity (Wildman–Crippen MR) is 107 cm³/mol. The van der Waals surface area contributed by atoms with Gasteiger partial charge in [0.05, 0.1) is 12.1 Å². The Morgan fingerprint density at radius 2 is 1.89 bits per heavy atom. The zero-order chi connectivity index (χ0) is 20.1. The van der Waals surface area contributed by atoms with Crippen LogP contribution < -0.4 is 4.74 Å². The van der Waals surface area contributed by atoms with E-state index in [4.69, 9.17) is 16.3 Å². The summed E-state index contributed by atoms with van der Waals surface area (Å²) < 4.78 is 18.3. The molecule has 0 aromatic heterocycles. The van der Waals surface area contributed by atoms with Crippen LogP contribution in [0.2, 0.25) is 5.02 Å². The fraction of sp³-hybridized carbons (Fsp3) is 0.429. The molecule has 0 spiro atoms. The lowest BCUT2D eigenvalue weighted by molar-refractivity contribution is 0.0499. The molecule has 28 heavy (non-hydrogen) atoms. The van der Waals surface area contributed by atoms with Crippen molar-refractivity contribution in [2.45, 2.75) is 25.6 Å². The predicted octanol–water partition coefficient (Wildman–Crippen LogP) is 3.26. The number of hydrogen-bond acceptors (Lipinski definition) is 5. The van der Waals surface area contributed by atoms with E-state index in [0.29, 0.717) is 18.7 Å². The number of piperazine rings is 1. The number of aromatic hydroxyl groups is 1. The first kappa shape index (κ1) is 20.9. The van der Waals surface area contributed by atoms with E-state index < -0.39 is 0 Å². The molecule has 1 aliphatic rings. The number of hydrogen-bond donors (Lipinski definition) is 2. The van der Waals surface area contributed by atoms with Crippen molar-refractivity contribution in [1.82, 2.24) is 9.80 Å². The molecule has 1 atom stereocenters. The molecular weight excluding hydrogens is 383 g/mol. The fourth-order valence-electron chi connectivity index (χ4n) is 3.69. The minimum atomic E-state index is -0.233. The number of rotatable bonds is 7. The Bertz CT molecular complexity index is 788. The van der Waals surface area contributed by atoms with E-state index >= 15 is 0 Å². The summed E-state index contributed by atoms with van der Waals surface area (Å²) in [6.45, 7) is 4.06. The van der Waals surface area contributed by atoms with Gasteiger partial charge in [-0.25, -0.2) is 4.39 Å². The average molecular weight is 409 g/mol. The van der Waals surface area contributed by atoms with Gasteiger partial charge in [0.15, 0.2) is 11.5 Å². The zero-order valence-electron chi connectivity index (χ0n) is 15.9. The maximum absolute atomic E-state index is 13.1. The van der Waals surface area contributed by atoms with E-state index in [1.54, 1.807) is 12.1 Å². The Hall–Kier alpha value is -1.86. The van der Waals surface area contributed by atoms with Crippen molar-refractivity contribution in [3.05, 3.63) is 58.4 Å². The van der Waals surface area contributed by atoms with Crippen LogP contribution in [0.5, 0.6) is 11.5 Å². The van der Waals surface area contributed by atoms with Gasteiger partial charge in [0.2, 0.25) is 0 Å². The number of phenolic OH excluding ortho intramolecular Hbond substituents is 1. The molecule has 1 fully saturated rings. The summed E-state index contributed by atoms with van der Waals surface area (Å²) in [4.78, 5) is 4.65. The molecule has 2 aromatic carbocycles. The average Bonchev–Trinajstić information content (AvgIpc) is 2.68. The standard InChI is InChI=1S/C21H26ClFN2O3/c1-28-20-11-16(10-19(22)21(20)27)12-24-7-8-25(18(14-24)6-9-26)13-15-2-4-17(23)5-3-15/h2-5,10-11,18,26-27H,6-9,12-14H2,1H3/t18-/m0/s1. The second-order valence-electron chi connectivity index (χ2n) is 7.13. The van der Waals surface area contributed by atoms with E-state index in [1.807, 2.05) is 12.1 Å². The molecule has 0 amide bonds. The van der Waals surface area contributed by atoms with Gasteiger partial charge in [0.25, 0.3) is 0 Å². The smallest absolute Gasteiger partial charge is 0.176 e. The molecule has 0 saturated carbocycles. The molecule has 0 unspecified atom stereocenters. The lowest BCUT2D eigenvalue weighted by Crippen LogP contribution is -2.52. The summed E-state index contributed by atoms with van der Waals surface area (Å²) >= 11 is 6.10. The molecule has 0 aliphatic carbocycles. The first-order valence-corrected chi connectivity index (χ1v) is 9.75. The molecule has 0 radical (unpaired) electrons. The third-order valence-corrected chi connectivity index (χ3v) is 5.45.